The van der Waals surface area contributed by atoms with Gasteiger partial charge in [-0.25, -0.2) is 0 Å². The van der Waals surface area contributed by atoms with Crippen molar-refractivity contribution in [2.75, 3.05) is 13.2 Å². The van der Waals surface area contributed by atoms with Crippen LogP contribution in [-0.4, -0.2) is 47.4 Å². The first-order chi connectivity index (χ1) is 48.5. The minimum Gasteiger partial charge on any atom is -0.466 e. The molecule has 0 rings (SSSR count). The smallest absolute Gasteiger partial charge is 0.305 e. The number of hydrogen-bond donors (Lipinski definition) is 3. The summed E-state index contributed by atoms with van der Waals surface area (Å²) < 4.78 is 5.51. The summed E-state index contributed by atoms with van der Waals surface area (Å²) >= 11 is 0. The van der Waals surface area contributed by atoms with Crippen LogP contribution in [0.4, 0.5) is 0 Å². The van der Waals surface area contributed by atoms with E-state index < -0.39 is 12.1 Å². The minimum absolute atomic E-state index is 0.0152. The highest BCUT2D eigenvalue weighted by molar-refractivity contribution is 5.76. The van der Waals surface area contributed by atoms with Gasteiger partial charge in [-0.05, 0) is 89.9 Å². The van der Waals surface area contributed by atoms with Gasteiger partial charge in [0.25, 0.3) is 0 Å². The Morgan fingerprint density at radius 1 is 0.286 bits per heavy atom. The van der Waals surface area contributed by atoms with Gasteiger partial charge in [0, 0.05) is 12.8 Å². The van der Waals surface area contributed by atoms with Crippen molar-refractivity contribution in [3.05, 3.63) is 48.6 Å². The van der Waals surface area contributed by atoms with E-state index in [4.69, 9.17) is 4.74 Å². The molecule has 0 aliphatic carbocycles. The molecule has 2 unspecified atom stereocenters. The van der Waals surface area contributed by atoms with Gasteiger partial charge < -0.3 is 20.3 Å². The number of allylic oxidation sites excluding steroid dienone is 7. The number of unbranched alkanes of at least 4 members (excludes halogenated alkanes) is 68. The molecule has 0 radical (unpaired) electrons. The molecule has 0 aliphatic rings. The number of carbonyl (C=O) groups is 2. The van der Waals surface area contributed by atoms with Gasteiger partial charge in [-0.2, -0.15) is 0 Å². The van der Waals surface area contributed by atoms with Crippen LogP contribution < -0.4 is 5.32 Å². The number of nitrogens with one attached hydrogen (secondary N) is 1. The monoisotopic (exact) mass is 1370 g/mol. The van der Waals surface area contributed by atoms with Crippen LogP contribution >= 0.6 is 0 Å². The molecule has 0 saturated carbocycles. The van der Waals surface area contributed by atoms with Gasteiger partial charge in [0.1, 0.15) is 0 Å². The molecule has 0 saturated heterocycles. The maximum absolute atomic E-state index is 12.6. The van der Waals surface area contributed by atoms with E-state index in [1.54, 1.807) is 6.08 Å². The highest BCUT2D eigenvalue weighted by atomic mass is 16.5. The molecule has 578 valence electrons. The van der Waals surface area contributed by atoms with Crippen molar-refractivity contribution in [3.63, 3.8) is 0 Å². The summed E-state index contributed by atoms with van der Waals surface area (Å²) in [6, 6.07) is -0.627. The summed E-state index contributed by atoms with van der Waals surface area (Å²) in [4.78, 5) is 24.7. The maximum atomic E-state index is 12.6. The quantitative estimate of drug-likeness (QED) is 0.0320. The van der Waals surface area contributed by atoms with E-state index in [-0.39, 0.29) is 18.5 Å². The summed E-state index contributed by atoms with van der Waals surface area (Å²) in [5.74, 6) is -0.0428. The van der Waals surface area contributed by atoms with E-state index in [2.05, 4.69) is 55.6 Å². The molecule has 0 fully saturated rings. The van der Waals surface area contributed by atoms with Gasteiger partial charge in [-0.15, -0.1) is 0 Å². The fourth-order valence-corrected chi connectivity index (χ4v) is 14.3. The molecular weight excluding hydrogens is 1200 g/mol. The molecule has 0 bridgehead atoms. The summed E-state index contributed by atoms with van der Waals surface area (Å²) in [7, 11) is 0. The number of aliphatic hydroxyl groups excluding tert-OH is 2. The second-order valence-corrected chi connectivity index (χ2v) is 30.9. The molecule has 0 spiro atoms. The standard InChI is InChI=1S/C92H175NO5/c1-3-5-7-9-11-13-15-17-19-21-22-23-24-40-43-46-49-53-56-60-64-68-72-76-80-84-90(95)89(88-94)93-91(96)85-81-77-73-69-65-61-57-54-50-47-44-41-38-36-34-32-30-28-26-25-27-29-31-33-35-37-39-42-45-48-51-55-59-63-67-71-75-79-83-87-98-92(97)86-82-78-74-70-66-62-58-52-20-18-16-14-12-10-8-6-4-2/h12,14,18,20,25-26,80,84,89-90,94-95H,3-11,13,15-17,19,21-24,27-79,81-83,85-88H2,1-2H3,(H,93,96)/b14-12-,20-18-,26-25-,84-80+. The number of hydrogen-bond acceptors (Lipinski definition) is 5. The zero-order valence-corrected chi connectivity index (χ0v) is 66.5. The Morgan fingerprint density at radius 3 is 0.806 bits per heavy atom. The van der Waals surface area contributed by atoms with Gasteiger partial charge >= 0.3 is 5.97 Å². The molecule has 3 N–H and O–H groups in total. The van der Waals surface area contributed by atoms with E-state index in [1.807, 2.05) is 6.08 Å². The van der Waals surface area contributed by atoms with E-state index >= 15 is 0 Å². The molecule has 0 aliphatic heterocycles. The third-order valence-electron chi connectivity index (χ3n) is 21.1. The molecule has 0 heterocycles. The van der Waals surface area contributed by atoms with Crippen LogP contribution in [0.1, 0.15) is 502 Å². The van der Waals surface area contributed by atoms with Crippen LogP contribution in [0.2, 0.25) is 0 Å². The third-order valence-corrected chi connectivity index (χ3v) is 21.1. The van der Waals surface area contributed by atoms with Crippen molar-refractivity contribution in [1.29, 1.82) is 0 Å². The molecule has 0 aromatic heterocycles. The van der Waals surface area contributed by atoms with Gasteiger partial charge in [-0.3, -0.25) is 9.59 Å². The predicted octanol–water partition coefficient (Wildman–Crippen LogP) is 30.3. The fraction of sp³-hybridized carbons (Fsp3) is 0.891. The Bertz CT molecular complexity index is 1640. The second kappa shape index (κ2) is 87.2. The normalized spacial score (nSPS) is 12.7. The van der Waals surface area contributed by atoms with Crippen molar-refractivity contribution in [2.45, 2.75) is 514 Å². The third kappa shape index (κ3) is 82.8. The van der Waals surface area contributed by atoms with Crippen LogP contribution in [0, 0.1) is 0 Å². The SMILES string of the molecule is CCCCC/C=C\C/C=C\CCCCCCCCCC(=O)OCCCCCCCCCCCCCCCCCCCC/C=C\CCCCCCCCCCCCCCCCCCCC(=O)NC(CO)C(O)/C=C/CCCCCCCCCCCCCCCCCCCCCCCCC. The number of aliphatic hydroxyl groups is 2. The number of ether oxygens (including phenoxy) is 1. The summed E-state index contributed by atoms with van der Waals surface area (Å²) in [5.41, 5.74) is 0. The van der Waals surface area contributed by atoms with E-state index in [9.17, 15) is 19.8 Å². The van der Waals surface area contributed by atoms with Gasteiger partial charge in [-0.1, -0.05) is 448 Å². The highest BCUT2D eigenvalue weighted by Gasteiger charge is 2.18. The van der Waals surface area contributed by atoms with Crippen LogP contribution in [0.15, 0.2) is 48.6 Å². The van der Waals surface area contributed by atoms with Crippen LogP contribution in [0.3, 0.4) is 0 Å². The molecule has 2 atom stereocenters. The average molecular weight is 1380 g/mol. The lowest BCUT2D eigenvalue weighted by Crippen LogP contribution is -2.45. The number of esters is 1. The molecule has 1 amide bonds. The van der Waals surface area contributed by atoms with Gasteiger partial charge in [0.2, 0.25) is 5.91 Å². The van der Waals surface area contributed by atoms with Crippen molar-refractivity contribution in [1.82, 2.24) is 5.32 Å². The lowest BCUT2D eigenvalue weighted by atomic mass is 10.0. The van der Waals surface area contributed by atoms with E-state index in [0.717, 1.165) is 51.4 Å². The van der Waals surface area contributed by atoms with Crippen molar-refractivity contribution in [2.24, 2.45) is 0 Å². The Balaban J connectivity index is 3.35. The number of carbonyl (C=O) groups excluding carboxylic acids is 2. The van der Waals surface area contributed by atoms with Crippen molar-refractivity contribution in [3.8, 4) is 0 Å². The zero-order valence-electron chi connectivity index (χ0n) is 66.5. The highest BCUT2D eigenvalue weighted by Crippen LogP contribution is 2.21. The number of amides is 1. The van der Waals surface area contributed by atoms with Crippen LogP contribution in [-0.2, 0) is 14.3 Å². The average Bonchev–Trinajstić information content (AvgIpc) is 1.73. The first-order valence-corrected chi connectivity index (χ1v) is 44.9. The lowest BCUT2D eigenvalue weighted by molar-refractivity contribution is -0.143. The Kier molecular flexibility index (Phi) is 85.3. The summed E-state index contributed by atoms with van der Waals surface area (Å²) in [5, 5.41) is 23.4. The van der Waals surface area contributed by atoms with Gasteiger partial charge in [0.15, 0.2) is 0 Å². The minimum atomic E-state index is -0.844. The topological polar surface area (TPSA) is 95.9 Å². The fourth-order valence-electron chi connectivity index (χ4n) is 14.3. The largest absolute Gasteiger partial charge is 0.466 e. The number of rotatable bonds is 85. The van der Waals surface area contributed by atoms with Crippen molar-refractivity contribution < 1.29 is 24.5 Å². The molecule has 0 aromatic carbocycles. The maximum Gasteiger partial charge on any atom is 0.305 e. The molecule has 6 heteroatoms. The summed E-state index contributed by atoms with van der Waals surface area (Å²) in [6.07, 6.45) is 117. The first-order valence-electron chi connectivity index (χ1n) is 44.9. The molecule has 6 nitrogen and oxygen atoms in total. The Morgan fingerprint density at radius 2 is 0.510 bits per heavy atom. The molecule has 98 heavy (non-hydrogen) atoms. The van der Waals surface area contributed by atoms with Gasteiger partial charge in [0.05, 0.1) is 25.4 Å². The van der Waals surface area contributed by atoms with Crippen LogP contribution in [0.25, 0.3) is 0 Å². The zero-order chi connectivity index (χ0) is 70.5. The lowest BCUT2D eigenvalue weighted by Gasteiger charge is -2.20. The first kappa shape index (κ1) is 95.8. The van der Waals surface area contributed by atoms with Crippen LogP contribution in [0.5, 0.6) is 0 Å². The van der Waals surface area contributed by atoms with E-state index in [1.165, 1.54) is 424 Å². The van der Waals surface area contributed by atoms with E-state index in [0.29, 0.717) is 19.4 Å². The predicted molar refractivity (Wildman–Crippen MR) is 435 cm³/mol. The molecule has 0 aromatic rings. The van der Waals surface area contributed by atoms with Crippen molar-refractivity contribution >= 4 is 11.9 Å². The summed E-state index contributed by atoms with van der Waals surface area (Å²) in [6.45, 7) is 4.93. The second-order valence-electron chi connectivity index (χ2n) is 30.9. The Labute approximate surface area is 614 Å². The molecular formula is C92H175NO5. The Hall–Kier alpha value is -2.18.